The Labute approximate surface area is 99.5 Å². The zero-order valence-corrected chi connectivity index (χ0v) is 10.6. The van der Waals surface area contributed by atoms with Gasteiger partial charge in [0, 0.05) is 6.92 Å². The quantitative estimate of drug-likeness (QED) is 0.785. The van der Waals surface area contributed by atoms with Crippen LogP contribution in [0.5, 0.6) is 5.75 Å². The maximum absolute atomic E-state index is 12.7. The summed E-state index contributed by atoms with van der Waals surface area (Å²) in [4.78, 5) is 0. The Morgan fingerprint density at radius 3 is 2.00 bits per heavy atom. The summed E-state index contributed by atoms with van der Waals surface area (Å²) >= 11 is 0. The van der Waals surface area contributed by atoms with Crippen LogP contribution in [0.2, 0.25) is 0 Å². The average molecular weight is 264 g/mol. The van der Waals surface area contributed by atoms with Crippen LogP contribution in [0.1, 0.15) is 32.3 Å². The molecule has 0 N–H and O–H groups in total. The number of benzene rings is 1. The van der Waals surface area contributed by atoms with E-state index in [1.807, 2.05) is 13.8 Å². The fourth-order valence-electron chi connectivity index (χ4n) is 1.11. The highest BCUT2D eigenvalue weighted by atomic mass is 32.2. The number of hydrogen-bond acceptors (Lipinski definition) is 3. The van der Waals surface area contributed by atoms with E-state index in [0.29, 0.717) is 0 Å². The van der Waals surface area contributed by atoms with Crippen molar-refractivity contribution in [3.05, 3.63) is 29.8 Å². The highest BCUT2D eigenvalue weighted by molar-refractivity contribution is 7.88. The highest BCUT2D eigenvalue weighted by Crippen LogP contribution is 2.26. The second-order valence-corrected chi connectivity index (χ2v) is 5.86. The number of rotatable bonds is 4. The lowest BCUT2D eigenvalue weighted by Crippen LogP contribution is -2.29. The summed E-state index contributed by atoms with van der Waals surface area (Å²) in [5, 5.41) is -3.91. The van der Waals surface area contributed by atoms with E-state index in [2.05, 4.69) is 4.18 Å². The van der Waals surface area contributed by atoms with Crippen LogP contribution in [0.15, 0.2) is 24.3 Å². The highest BCUT2D eigenvalue weighted by Gasteiger charge is 2.41. The maximum Gasteiger partial charge on any atom is 0.377 e. The van der Waals surface area contributed by atoms with Gasteiger partial charge in [0.2, 0.25) is 0 Å². The van der Waals surface area contributed by atoms with Gasteiger partial charge < -0.3 is 4.18 Å². The van der Waals surface area contributed by atoms with Crippen molar-refractivity contribution in [2.45, 2.75) is 31.9 Å². The molecule has 0 aliphatic rings. The van der Waals surface area contributed by atoms with E-state index in [-0.39, 0.29) is 18.6 Å². The molecule has 17 heavy (non-hydrogen) atoms. The first-order chi connectivity index (χ1) is 7.63. The topological polar surface area (TPSA) is 43.4 Å². The molecule has 0 bridgehead atoms. The molecule has 1 rings (SSSR count). The molecule has 1 aromatic carbocycles. The van der Waals surface area contributed by atoms with Gasteiger partial charge in [0.25, 0.3) is 0 Å². The first-order valence-corrected chi connectivity index (χ1v) is 6.46. The largest absolute Gasteiger partial charge is 0.378 e. The summed E-state index contributed by atoms with van der Waals surface area (Å²) in [5.74, 6) is 0.157. The van der Waals surface area contributed by atoms with Crippen molar-refractivity contribution in [1.29, 1.82) is 0 Å². The first-order valence-electron chi connectivity index (χ1n) is 5.05. The molecule has 0 aliphatic heterocycles. The van der Waals surface area contributed by atoms with E-state index >= 15 is 0 Å². The Balaban J connectivity index is 2.91. The number of hydrogen-bond donors (Lipinski definition) is 0. The molecule has 3 nitrogen and oxygen atoms in total. The van der Waals surface area contributed by atoms with Gasteiger partial charge in [-0.05, 0) is 23.6 Å². The van der Waals surface area contributed by atoms with Gasteiger partial charge in [0.1, 0.15) is 5.75 Å². The second kappa shape index (κ2) is 4.60. The lowest BCUT2D eigenvalue weighted by Gasteiger charge is -2.13. The molecule has 0 atom stereocenters. The van der Waals surface area contributed by atoms with Crippen molar-refractivity contribution >= 4 is 10.1 Å². The Hall–Kier alpha value is -1.17. The first kappa shape index (κ1) is 13.9. The Morgan fingerprint density at radius 1 is 1.18 bits per heavy atom. The molecular weight excluding hydrogens is 250 g/mol. The minimum atomic E-state index is -4.92. The molecule has 0 aromatic heterocycles. The number of alkyl halides is 2. The van der Waals surface area contributed by atoms with Crippen molar-refractivity contribution in [1.82, 2.24) is 0 Å². The molecule has 0 amide bonds. The Morgan fingerprint density at radius 2 is 1.65 bits per heavy atom. The van der Waals surface area contributed by atoms with E-state index in [0.717, 1.165) is 5.56 Å². The minimum Gasteiger partial charge on any atom is -0.378 e. The summed E-state index contributed by atoms with van der Waals surface area (Å²) in [5.41, 5.74) is 0.970. The summed E-state index contributed by atoms with van der Waals surface area (Å²) in [6.07, 6.45) is 0. The molecule has 0 unspecified atom stereocenters. The Bertz CT molecular complexity index is 472. The fourth-order valence-corrected chi connectivity index (χ4v) is 1.62. The predicted octanol–water partition coefficient (Wildman–Crippen LogP) is 3.13. The summed E-state index contributed by atoms with van der Waals surface area (Å²) in [6.45, 7) is 4.21. The molecule has 0 fully saturated rings. The van der Waals surface area contributed by atoms with Gasteiger partial charge in [0.15, 0.2) is 0 Å². The molecule has 96 valence electrons. The molecular formula is C11H14F2O3S. The monoisotopic (exact) mass is 264 g/mol. The van der Waals surface area contributed by atoms with Crippen LogP contribution in [0.3, 0.4) is 0 Å². The summed E-state index contributed by atoms with van der Waals surface area (Å²) in [7, 11) is -4.92. The van der Waals surface area contributed by atoms with Crippen molar-refractivity contribution in [3.8, 4) is 5.75 Å². The van der Waals surface area contributed by atoms with Gasteiger partial charge in [-0.1, -0.05) is 26.0 Å². The van der Waals surface area contributed by atoms with E-state index in [4.69, 9.17) is 0 Å². The van der Waals surface area contributed by atoms with Crippen LogP contribution < -0.4 is 4.18 Å². The van der Waals surface area contributed by atoms with E-state index in [1.165, 1.54) is 12.1 Å². The third-order valence-electron chi connectivity index (χ3n) is 2.19. The fraction of sp³-hybridized carbons (Fsp3) is 0.455. The molecule has 0 spiro atoms. The van der Waals surface area contributed by atoms with Crippen LogP contribution in [0.4, 0.5) is 8.78 Å². The van der Waals surface area contributed by atoms with Crippen LogP contribution in [0, 0.1) is 0 Å². The maximum atomic E-state index is 12.7. The normalized spacial score (nSPS) is 12.8. The third kappa shape index (κ3) is 3.39. The van der Waals surface area contributed by atoms with Crippen LogP contribution >= 0.6 is 0 Å². The van der Waals surface area contributed by atoms with Crippen molar-refractivity contribution in [2.75, 3.05) is 0 Å². The van der Waals surface area contributed by atoms with Crippen LogP contribution in [-0.2, 0) is 10.1 Å². The lowest BCUT2D eigenvalue weighted by molar-refractivity contribution is 0.104. The SMILES string of the molecule is CC(C)c1ccc(OS(=O)(=O)C(C)(F)F)cc1. The van der Waals surface area contributed by atoms with Gasteiger partial charge >= 0.3 is 15.4 Å². The molecule has 6 heteroatoms. The molecule has 0 saturated heterocycles. The molecule has 0 saturated carbocycles. The van der Waals surface area contributed by atoms with E-state index in [9.17, 15) is 17.2 Å². The van der Waals surface area contributed by atoms with Crippen molar-refractivity contribution in [3.63, 3.8) is 0 Å². The van der Waals surface area contributed by atoms with E-state index < -0.39 is 15.4 Å². The molecule has 0 heterocycles. The third-order valence-corrected chi connectivity index (χ3v) is 3.48. The van der Waals surface area contributed by atoms with Gasteiger partial charge in [-0.2, -0.15) is 17.2 Å². The van der Waals surface area contributed by atoms with Crippen molar-refractivity contribution in [2.24, 2.45) is 0 Å². The molecule has 0 radical (unpaired) electrons. The van der Waals surface area contributed by atoms with Crippen LogP contribution in [0.25, 0.3) is 0 Å². The smallest absolute Gasteiger partial charge is 0.377 e. The van der Waals surface area contributed by atoms with Crippen molar-refractivity contribution < 1.29 is 21.4 Å². The Kier molecular flexibility index (Phi) is 3.76. The van der Waals surface area contributed by atoms with Gasteiger partial charge in [0.05, 0.1) is 0 Å². The van der Waals surface area contributed by atoms with Crippen LogP contribution in [-0.4, -0.2) is 13.7 Å². The van der Waals surface area contributed by atoms with Gasteiger partial charge in [-0.15, -0.1) is 0 Å². The predicted molar refractivity (Wildman–Crippen MR) is 60.7 cm³/mol. The standard InChI is InChI=1S/C11H14F2O3S/c1-8(2)9-4-6-10(7-5-9)16-17(14,15)11(3,12)13/h4-8H,1-3H3. The van der Waals surface area contributed by atoms with E-state index in [1.54, 1.807) is 12.1 Å². The van der Waals surface area contributed by atoms with Gasteiger partial charge in [-0.25, -0.2) is 0 Å². The number of halogens is 2. The second-order valence-electron chi connectivity index (χ2n) is 4.07. The van der Waals surface area contributed by atoms with Gasteiger partial charge in [-0.3, -0.25) is 0 Å². The minimum absolute atomic E-state index is 0.115. The zero-order chi connectivity index (χ0) is 13.3. The summed E-state index contributed by atoms with van der Waals surface area (Å²) < 4.78 is 51.8. The lowest BCUT2D eigenvalue weighted by atomic mass is 10.0. The molecule has 0 aliphatic carbocycles. The molecule has 1 aromatic rings. The average Bonchev–Trinajstić information content (AvgIpc) is 2.16. The summed E-state index contributed by atoms with van der Waals surface area (Å²) in [6, 6.07) is 6.00. The zero-order valence-electron chi connectivity index (χ0n) is 9.78.